The van der Waals surface area contributed by atoms with Gasteiger partial charge in [-0.2, -0.15) is 0 Å². The summed E-state index contributed by atoms with van der Waals surface area (Å²) in [5.41, 5.74) is 0.662. The van der Waals surface area contributed by atoms with E-state index in [0.717, 1.165) is 4.47 Å². The highest BCUT2D eigenvalue weighted by Crippen LogP contribution is 2.19. The molecule has 2 rings (SSSR count). The van der Waals surface area contributed by atoms with Crippen molar-refractivity contribution in [2.24, 2.45) is 0 Å². The van der Waals surface area contributed by atoms with Crippen LogP contribution in [0.25, 0.3) is 0 Å². The second kappa shape index (κ2) is 5.92. The van der Waals surface area contributed by atoms with Crippen molar-refractivity contribution in [2.75, 3.05) is 17.6 Å². The molecule has 2 amide bonds. The Labute approximate surface area is 120 Å². The van der Waals surface area contributed by atoms with Crippen molar-refractivity contribution < 1.29 is 13.2 Å². The van der Waals surface area contributed by atoms with Gasteiger partial charge in [0.25, 0.3) is 0 Å². The summed E-state index contributed by atoms with van der Waals surface area (Å²) in [6.45, 7) is 0.171. The molecule has 0 aliphatic carbocycles. The Morgan fingerprint density at radius 3 is 2.58 bits per heavy atom. The van der Waals surface area contributed by atoms with Crippen LogP contribution in [0.1, 0.15) is 12.8 Å². The molecule has 1 aromatic carbocycles. The van der Waals surface area contributed by atoms with Crippen LogP contribution in [0.4, 0.5) is 10.5 Å². The number of carbonyl (C=O) groups is 1. The Hall–Kier alpha value is -1.08. The number of nitrogens with one attached hydrogen (secondary N) is 2. The van der Waals surface area contributed by atoms with Crippen molar-refractivity contribution in [3.05, 3.63) is 28.7 Å². The average Bonchev–Trinajstić information content (AvgIpc) is 2.69. The summed E-state index contributed by atoms with van der Waals surface area (Å²) in [6.07, 6.45) is 1.31. The fraction of sp³-hybridized carbons (Fsp3) is 0.417. The predicted molar refractivity (Wildman–Crippen MR) is 78.0 cm³/mol. The Morgan fingerprint density at radius 1 is 1.32 bits per heavy atom. The lowest BCUT2D eigenvalue weighted by atomic mass is 10.2. The van der Waals surface area contributed by atoms with Crippen molar-refractivity contribution in [1.82, 2.24) is 5.32 Å². The molecule has 19 heavy (non-hydrogen) atoms. The maximum absolute atomic E-state index is 11.6. The van der Waals surface area contributed by atoms with Gasteiger partial charge in [0.05, 0.1) is 11.0 Å². The fourth-order valence-corrected chi connectivity index (χ4v) is 4.03. The van der Waals surface area contributed by atoms with Crippen molar-refractivity contribution in [2.45, 2.75) is 18.1 Å². The van der Waals surface area contributed by atoms with Crippen LogP contribution >= 0.6 is 15.9 Å². The third kappa shape index (κ3) is 3.94. The molecule has 1 atom stereocenters. The molecule has 1 aliphatic rings. The van der Waals surface area contributed by atoms with Gasteiger partial charge < -0.3 is 10.6 Å². The zero-order chi connectivity index (χ0) is 13.9. The van der Waals surface area contributed by atoms with Crippen LogP contribution in [-0.4, -0.2) is 32.0 Å². The molecule has 1 saturated heterocycles. The highest BCUT2D eigenvalue weighted by Gasteiger charge is 2.31. The first-order chi connectivity index (χ1) is 8.97. The Morgan fingerprint density at radius 2 is 2.00 bits per heavy atom. The summed E-state index contributed by atoms with van der Waals surface area (Å²) in [7, 11) is -3.01. The molecule has 0 aromatic heterocycles. The molecule has 2 N–H and O–H groups in total. The van der Waals surface area contributed by atoms with Gasteiger partial charge in [-0.05, 0) is 37.1 Å². The van der Waals surface area contributed by atoms with Crippen molar-refractivity contribution in [1.29, 1.82) is 0 Å². The summed E-state index contributed by atoms with van der Waals surface area (Å²) in [5, 5.41) is 4.82. The number of benzene rings is 1. The van der Waals surface area contributed by atoms with E-state index in [-0.39, 0.29) is 18.3 Å². The summed E-state index contributed by atoms with van der Waals surface area (Å²) >= 11 is 3.30. The average molecular weight is 347 g/mol. The summed E-state index contributed by atoms with van der Waals surface area (Å²) < 4.78 is 24.1. The van der Waals surface area contributed by atoms with E-state index in [4.69, 9.17) is 0 Å². The van der Waals surface area contributed by atoms with E-state index in [1.54, 1.807) is 12.1 Å². The number of carbonyl (C=O) groups excluding carboxylic acids is 1. The predicted octanol–water partition coefficient (Wildman–Crippen LogP) is 2.15. The van der Waals surface area contributed by atoms with Gasteiger partial charge in [-0.25, -0.2) is 13.2 Å². The lowest BCUT2D eigenvalue weighted by Gasteiger charge is -2.11. The highest BCUT2D eigenvalue weighted by atomic mass is 79.9. The first-order valence-corrected chi connectivity index (χ1v) is 8.50. The van der Waals surface area contributed by atoms with E-state index in [1.165, 1.54) is 0 Å². The quantitative estimate of drug-likeness (QED) is 0.880. The van der Waals surface area contributed by atoms with Gasteiger partial charge in [-0.15, -0.1) is 0 Å². The minimum absolute atomic E-state index is 0.171. The van der Waals surface area contributed by atoms with Crippen LogP contribution in [0.2, 0.25) is 0 Å². The molecule has 0 saturated carbocycles. The normalized spacial score (nSPS) is 21.0. The third-order valence-corrected chi connectivity index (χ3v) is 5.86. The SMILES string of the molecule is O=C(NC[C@@H]1CCCS1(=O)=O)Nc1ccc(Br)cc1. The number of hydrogen-bond donors (Lipinski definition) is 2. The molecule has 1 aromatic rings. The number of anilines is 1. The number of sulfone groups is 1. The zero-order valence-corrected chi connectivity index (χ0v) is 12.6. The molecular weight excluding hydrogens is 332 g/mol. The first kappa shape index (κ1) is 14.3. The number of amides is 2. The Kier molecular flexibility index (Phi) is 4.46. The molecule has 104 valence electrons. The Balaban J connectivity index is 1.83. The van der Waals surface area contributed by atoms with E-state index in [2.05, 4.69) is 26.6 Å². The second-order valence-electron chi connectivity index (χ2n) is 4.47. The molecular formula is C12H15BrN2O3S. The Bertz CT molecular complexity index is 557. The minimum Gasteiger partial charge on any atom is -0.337 e. The molecule has 0 spiro atoms. The highest BCUT2D eigenvalue weighted by molar-refractivity contribution is 9.10. The smallest absolute Gasteiger partial charge is 0.319 e. The van der Waals surface area contributed by atoms with Crippen molar-refractivity contribution in [3.8, 4) is 0 Å². The third-order valence-electron chi connectivity index (χ3n) is 3.06. The molecule has 0 bridgehead atoms. The van der Waals surface area contributed by atoms with Gasteiger partial charge in [0.15, 0.2) is 9.84 Å². The summed E-state index contributed by atoms with van der Waals surface area (Å²) in [4.78, 5) is 11.6. The van der Waals surface area contributed by atoms with Crippen LogP contribution < -0.4 is 10.6 Å². The van der Waals surface area contributed by atoms with Crippen LogP contribution in [0, 0.1) is 0 Å². The molecule has 5 nitrogen and oxygen atoms in total. The van der Waals surface area contributed by atoms with E-state index in [1.807, 2.05) is 12.1 Å². The largest absolute Gasteiger partial charge is 0.337 e. The second-order valence-corrected chi connectivity index (χ2v) is 7.79. The number of rotatable bonds is 3. The van der Waals surface area contributed by atoms with E-state index in [9.17, 15) is 13.2 Å². The van der Waals surface area contributed by atoms with Gasteiger partial charge in [-0.1, -0.05) is 15.9 Å². The molecule has 7 heteroatoms. The van der Waals surface area contributed by atoms with E-state index < -0.39 is 15.1 Å². The molecule has 1 heterocycles. The van der Waals surface area contributed by atoms with Crippen LogP contribution in [0.5, 0.6) is 0 Å². The number of halogens is 1. The first-order valence-electron chi connectivity index (χ1n) is 5.99. The van der Waals surface area contributed by atoms with Gasteiger partial charge in [0.2, 0.25) is 0 Å². The summed E-state index contributed by atoms with van der Waals surface area (Å²) in [6, 6.07) is 6.77. The molecule has 1 fully saturated rings. The zero-order valence-electron chi connectivity index (χ0n) is 10.2. The van der Waals surface area contributed by atoms with Crippen LogP contribution in [-0.2, 0) is 9.84 Å². The topological polar surface area (TPSA) is 75.3 Å². The maximum Gasteiger partial charge on any atom is 0.319 e. The standard InChI is InChI=1S/C12H15BrN2O3S/c13-9-3-5-10(6-4-9)15-12(16)14-8-11-2-1-7-19(11,17)18/h3-6,11H,1-2,7-8H2,(H2,14,15,16)/t11-/m0/s1. The number of urea groups is 1. The lowest BCUT2D eigenvalue weighted by molar-refractivity contribution is 0.252. The minimum atomic E-state index is -3.01. The van der Waals surface area contributed by atoms with Crippen molar-refractivity contribution in [3.63, 3.8) is 0 Å². The fourth-order valence-electron chi connectivity index (χ4n) is 2.00. The van der Waals surface area contributed by atoms with Gasteiger partial charge >= 0.3 is 6.03 Å². The van der Waals surface area contributed by atoms with Gasteiger partial charge in [0.1, 0.15) is 0 Å². The van der Waals surface area contributed by atoms with Gasteiger partial charge in [-0.3, -0.25) is 0 Å². The molecule has 1 aliphatic heterocycles. The van der Waals surface area contributed by atoms with Crippen LogP contribution in [0.3, 0.4) is 0 Å². The van der Waals surface area contributed by atoms with E-state index in [0.29, 0.717) is 18.5 Å². The number of hydrogen-bond acceptors (Lipinski definition) is 3. The van der Waals surface area contributed by atoms with Crippen molar-refractivity contribution >= 4 is 37.5 Å². The molecule has 0 unspecified atom stereocenters. The maximum atomic E-state index is 11.6. The van der Waals surface area contributed by atoms with Gasteiger partial charge in [0, 0.05) is 16.7 Å². The molecule has 0 radical (unpaired) electrons. The lowest BCUT2D eigenvalue weighted by Crippen LogP contribution is -2.37. The summed E-state index contributed by atoms with van der Waals surface area (Å²) in [5.74, 6) is 0.230. The van der Waals surface area contributed by atoms with E-state index >= 15 is 0 Å². The van der Waals surface area contributed by atoms with Crippen LogP contribution in [0.15, 0.2) is 28.7 Å². The monoisotopic (exact) mass is 346 g/mol.